The number of halogens is 4. The lowest BCUT2D eigenvalue weighted by molar-refractivity contribution is -0.135. The molecule has 0 saturated carbocycles. The lowest BCUT2D eigenvalue weighted by atomic mass is 10.2. The molecule has 1 rings (SSSR count). The van der Waals surface area contributed by atoms with Crippen LogP contribution in [0.3, 0.4) is 0 Å². The Morgan fingerprint density at radius 2 is 2.00 bits per heavy atom. The molecule has 0 spiro atoms. The topological polar surface area (TPSA) is 63.4 Å². The zero-order chi connectivity index (χ0) is 16.4. The van der Waals surface area contributed by atoms with Gasteiger partial charge >= 0.3 is 6.18 Å². The predicted molar refractivity (Wildman–Crippen MR) is 77.8 cm³/mol. The fourth-order valence-electron chi connectivity index (χ4n) is 1.44. The number of hydrogen-bond donors (Lipinski definition) is 1. The fourth-order valence-corrected chi connectivity index (χ4v) is 3.22. The van der Waals surface area contributed by atoms with Crippen molar-refractivity contribution in [3.8, 4) is 0 Å². The van der Waals surface area contributed by atoms with Crippen molar-refractivity contribution in [2.75, 3.05) is 13.6 Å². The highest BCUT2D eigenvalue weighted by molar-refractivity contribution is 7.89. The van der Waals surface area contributed by atoms with Crippen LogP contribution in [0, 0.1) is 0 Å². The Bertz CT molecular complexity index is 647. The van der Waals surface area contributed by atoms with Crippen LogP contribution in [0.2, 0.25) is 5.02 Å². The number of hydrogen-bond acceptors (Lipinski definition) is 3. The van der Waals surface area contributed by atoms with Gasteiger partial charge in [-0.1, -0.05) is 23.8 Å². The summed E-state index contributed by atoms with van der Waals surface area (Å²) in [4.78, 5) is -0.230. The molecule has 0 radical (unpaired) electrons. The summed E-state index contributed by atoms with van der Waals surface area (Å²) < 4.78 is 61.3. The molecule has 10 heteroatoms. The Morgan fingerprint density at radius 3 is 2.43 bits per heavy atom. The van der Waals surface area contributed by atoms with Crippen LogP contribution in [0.4, 0.5) is 13.2 Å². The van der Waals surface area contributed by atoms with E-state index in [0.29, 0.717) is 9.87 Å². The maximum atomic E-state index is 12.1. The first kappa shape index (κ1) is 18.1. The standard InChI is InChI=1S/C11H12ClF3N2O2S2/c1-17(5-4-11(13,14)15)21(18,19)7-2-3-8(10(16)20)9(12)6-7/h2-3,6H,4-5H2,1H3,(H2,16,20). The molecule has 21 heavy (non-hydrogen) atoms. The summed E-state index contributed by atoms with van der Waals surface area (Å²) in [5, 5.41) is 0.0211. The highest BCUT2D eigenvalue weighted by Gasteiger charge is 2.30. The minimum absolute atomic E-state index is 0.00521. The van der Waals surface area contributed by atoms with Crippen LogP contribution >= 0.6 is 23.8 Å². The third-order valence-electron chi connectivity index (χ3n) is 2.62. The average Bonchev–Trinajstić information content (AvgIpc) is 2.34. The lowest BCUT2D eigenvalue weighted by Crippen LogP contribution is -2.30. The predicted octanol–water partition coefficient (Wildman–Crippen LogP) is 2.55. The normalized spacial score (nSPS) is 12.7. The Morgan fingerprint density at radius 1 is 1.43 bits per heavy atom. The molecular formula is C11H12ClF3N2O2S2. The summed E-state index contributed by atoms with van der Waals surface area (Å²) in [7, 11) is -3.00. The molecule has 0 aliphatic rings. The fraction of sp³-hybridized carbons (Fsp3) is 0.364. The Hall–Kier alpha value is -0.900. The van der Waals surface area contributed by atoms with Crippen molar-refractivity contribution in [2.45, 2.75) is 17.5 Å². The average molecular weight is 361 g/mol. The van der Waals surface area contributed by atoms with E-state index in [1.807, 2.05) is 0 Å². The van der Waals surface area contributed by atoms with Gasteiger partial charge in [-0.15, -0.1) is 0 Å². The van der Waals surface area contributed by atoms with Crippen LogP contribution in [0.15, 0.2) is 23.1 Å². The number of sulfonamides is 1. The second-order valence-electron chi connectivity index (χ2n) is 4.20. The maximum absolute atomic E-state index is 12.1. The molecule has 0 amide bonds. The molecular weight excluding hydrogens is 349 g/mol. The Balaban J connectivity index is 3.03. The molecule has 0 aliphatic carbocycles. The molecule has 2 N–H and O–H groups in total. The van der Waals surface area contributed by atoms with Gasteiger partial charge in [0, 0.05) is 19.2 Å². The maximum Gasteiger partial charge on any atom is 0.390 e. The molecule has 0 heterocycles. The summed E-state index contributed by atoms with van der Waals surface area (Å²) in [6.45, 7) is -0.680. The Labute approximate surface area is 130 Å². The minimum Gasteiger partial charge on any atom is -0.389 e. The third kappa shape index (κ3) is 4.80. The van der Waals surface area contributed by atoms with E-state index >= 15 is 0 Å². The number of nitrogens with two attached hydrogens (primary N) is 1. The number of nitrogens with zero attached hydrogens (tertiary/aromatic N) is 1. The Kier molecular flexibility index (Phi) is 5.59. The van der Waals surface area contributed by atoms with E-state index in [1.165, 1.54) is 12.1 Å². The van der Waals surface area contributed by atoms with Crippen molar-refractivity contribution in [1.29, 1.82) is 0 Å². The molecule has 1 aromatic rings. The van der Waals surface area contributed by atoms with Crippen molar-refractivity contribution in [2.24, 2.45) is 5.73 Å². The van der Waals surface area contributed by atoms with Gasteiger partial charge in [-0.2, -0.15) is 13.2 Å². The van der Waals surface area contributed by atoms with Crippen molar-refractivity contribution in [3.63, 3.8) is 0 Å². The van der Waals surface area contributed by atoms with E-state index in [0.717, 1.165) is 13.1 Å². The first-order chi connectivity index (χ1) is 9.45. The van der Waals surface area contributed by atoms with E-state index in [1.54, 1.807) is 0 Å². The van der Waals surface area contributed by atoms with Gasteiger partial charge in [0.25, 0.3) is 0 Å². The smallest absolute Gasteiger partial charge is 0.389 e. The van der Waals surface area contributed by atoms with Gasteiger partial charge in [0.05, 0.1) is 16.3 Å². The molecule has 118 valence electrons. The molecule has 0 atom stereocenters. The van der Waals surface area contributed by atoms with Gasteiger partial charge in [0.1, 0.15) is 4.99 Å². The van der Waals surface area contributed by atoms with Crippen LogP contribution in [0.5, 0.6) is 0 Å². The van der Waals surface area contributed by atoms with Gasteiger partial charge in [-0.05, 0) is 18.2 Å². The molecule has 0 fully saturated rings. The van der Waals surface area contributed by atoms with Crippen LogP contribution in [-0.4, -0.2) is 37.5 Å². The lowest BCUT2D eigenvalue weighted by Gasteiger charge is -2.18. The molecule has 4 nitrogen and oxygen atoms in total. The summed E-state index contributed by atoms with van der Waals surface area (Å²) in [6.07, 6.45) is -5.67. The zero-order valence-electron chi connectivity index (χ0n) is 10.8. The number of benzene rings is 1. The first-order valence-corrected chi connectivity index (χ1v) is 7.80. The van der Waals surface area contributed by atoms with Crippen molar-refractivity contribution in [1.82, 2.24) is 4.31 Å². The van der Waals surface area contributed by atoms with Crippen molar-refractivity contribution < 1.29 is 21.6 Å². The number of thiocarbonyl (C=S) groups is 1. The monoisotopic (exact) mass is 360 g/mol. The molecule has 0 aliphatic heterocycles. The van der Waals surface area contributed by atoms with E-state index in [4.69, 9.17) is 29.6 Å². The number of alkyl halides is 3. The van der Waals surface area contributed by atoms with E-state index in [2.05, 4.69) is 0 Å². The first-order valence-electron chi connectivity index (χ1n) is 5.57. The number of rotatable bonds is 5. The minimum atomic E-state index is -4.43. The summed E-state index contributed by atoms with van der Waals surface area (Å²) in [5.74, 6) is 0. The van der Waals surface area contributed by atoms with E-state index in [-0.39, 0.29) is 14.9 Å². The zero-order valence-corrected chi connectivity index (χ0v) is 13.2. The van der Waals surface area contributed by atoms with Crippen LogP contribution < -0.4 is 5.73 Å². The molecule has 0 bridgehead atoms. The quantitative estimate of drug-likeness (QED) is 0.820. The van der Waals surface area contributed by atoms with Gasteiger partial charge < -0.3 is 5.73 Å². The van der Waals surface area contributed by atoms with Crippen LogP contribution in [-0.2, 0) is 10.0 Å². The van der Waals surface area contributed by atoms with Gasteiger partial charge in [-0.25, -0.2) is 12.7 Å². The highest BCUT2D eigenvalue weighted by atomic mass is 35.5. The van der Waals surface area contributed by atoms with Crippen LogP contribution in [0.25, 0.3) is 0 Å². The van der Waals surface area contributed by atoms with Gasteiger partial charge in [-0.3, -0.25) is 0 Å². The molecule has 0 saturated heterocycles. The summed E-state index contributed by atoms with van der Waals surface area (Å²) >= 11 is 10.6. The molecule has 0 unspecified atom stereocenters. The van der Waals surface area contributed by atoms with Crippen LogP contribution in [0.1, 0.15) is 12.0 Å². The van der Waals surface area contributed by atoms with Crippen molar-refractivity contribution >= 4 is 38.8 Å². The second kappa shape index (κ2) is 6.47. The molecule has 0 aromatic heterocycles. The highest BCUT2D eigenvalue weighted by Crippen LogP contribution is 2.25. The summed E-state index contributed by atoms with van der Waals surface area (Å²) in [5.41, 5.74) is 5.69. The molecule has 1 aromatic carbocycles. The second-order valence-corrected chi connectivity index (χ2v) is 7.09. The largest absolute Gasteiger partial charge is 0.390 e. The van der Waals surface area contributed by atoms with E-state index < -0.39 is 29.2 Å². The van der Waals surface area contributed by atoms with Crippen molar-refractivity contribution in [3.05, 3.63) is 28.8 Å². The van der Waals surface area contributed by atoms with Gasteiger partial charge in [0.15, 0.2) is 0 Å². The SMILES string of the molecule is CN(CCC(F)(F)F)S(=O)(=O)c1ccc(C(N)=S)c(Cl)c1. The third-order valence-corrected chi connectivity index (χ3v) is 5.01. The van der Waals surface area contributed by atoms with E-state index in [9.17, 15) is 21.6 Å². The summed E-state index contributed by atoms with van der Waals surface area (Å²) in [6, 6.07) is 3.62. The van der Waals surface area contributed by atoms with Gasteiger partial charge in [0.2, 0.25) is 10.0 Å².